The van der Waals surface area contributed by atoms with E-state index in [1.807, 2.05) is 6.92 Å². The van der Waals surface area contributed by atoms with Crippen molar-refractivity contribution in [2.45, 2.75) is 20.3 Å². The molecule has 0 saturated carbocycles. The number of thiophene rings is 1. The lowest BCUT2D eigenvalue weighted by atomic mass is 10.3. The van der Waals surface area contributed by atoms with E-state index in [1.54, 1.807) is 22.7 Å². The maximum atomic E-state index is 4.45. The lowest BCUT2D eigenvalue weighted by molar-refractivity contribution is 1.03. The first kappa shape index (κ1) is 12.1. The monoisotopic (exact) mass is 316 g/mol. The average Bonchev–Trinajstić information content (AvgIpc) is 2.75. The zero-order valence-corrected chi connectivity index (χ0v) is 12.4. The zero-order chi connectivity index (χ0) is 11.5. The molecule has 0 aliphatic heterocycles. The molecule has 0 fully saturated rings. The van der Waals surface area contributed by atoms with E-state index in [4.69, 9.17) is 0 Å². The number of hydrogen-bond donors (Lipinski definition) is 1. The topological polar surface area (TPSA) is 24.9 Å². The second-order valence-corrected chi connectivity index (χ2v) is 7.29. The molecule has 0 aliphatic carbocycles. The first-order valence-electron chi connectivity index (χ1n) is 5.07. The van der Waals surface area contributed by atoms with Gasteiger partial charge in [-0.25, -0.2) is 4.98 Å². The van der Waals surface area contributed by atoms with Crippen LogP contribution in [0.1, 0.15) is 15.4 Å². The molecule has 0 atom stereocenters. The van der Waals surface area contributed by atoms with E-state index in [0.29, 0.717) is 0 Å². The van der Waals surface area contributed by atoms with E-state index >= 15 is 0 Å². The van der Waals surface area contributed by atoms with Gasteiger partial charge in [-0.3, -0.25) is 0 Å². The Morgan fingerprint density at radius 3 is 2.69 bits per heavy atom. The number of rotatable bonds is 4. The van der Waals surface area contributed by atoms with E-state index in [0.717, 1.165) is 23.8 Å². The summed E-state index contributed by atoms with van der Waals surface area (Å²) in [5.41, 5.74) is 1.13. The van der Waals surface area contributed by atoms with Gasteiger partial charge in [0.15, 0.2) is 5.13 Å². The Morgan fingerprint density at radius 1 is 1.31 bits per heavy atom. The summed E-state index contributed by atoms with van der Waals surface area (Å²) in [7, 11) is 0. The lowest BCUT2D eigenvalue weighted by Gasteiger charge is -1.99. The predicted molar refractivity (Wildman–Crippen MR) is 75.8 cm³/mol. The molecule has 5 heteroatoms. The van der Waals surface area contributed by atoms with Crippen molar-refractivity contribution in [3.05, 3.63) is 31.4 Å². The van der Waals surface area contributed by atoms with Gasteiger partial charge in [0.05, 0.1) is 9.48 Å². The van der Waals surface area contributed by atoms with Crippen molar-refractivity contribution < 1.29 is 0 Å². The summed E-state index contributed by atoms with van der Waals surface area (Å²) in [6, 6.07) is 4.26. The van der Waals surface area contributed by atoms with Gasteiger partial charge in [-0.2, -0.15) is 0 Å². The number of anilines is 1. The highest BCUT2D eigenvalue weighted by Crippen LogP contribution is 2.23. The molecule has 86 valence electrons. The van der Waals surface area contributed by atoms with Gasteiger partial charge in [0.2, 0.25) is 0 Å². The molecular weight excluding hydrogens is 304 g/mol. The number of aryl methyl sites for hydroxylation is 2. The van der Waals surface area contributed by atoms with Gasteiger partial charge < -0.3 is 5.32 Å². The Labute approximate surface area is 112 Å². The van der Waals surface area contributed by atoms with Crippen LogP contribution >= 0.6 is 38.6 Å². The van der Waals surface area contributed by atoms with Crippen molar-refractivity contribution in [3.63, 3.8) is 0 Å². The molecule has 16 heavy (non-hydrogen) atoms. The molecule has 0 aromatic carbocycles. The van der Waals surface area contributed by atoms with Crippen LogP contribution < -0.4 is 5.32 Å². The quantitative estimate of drug-likeness (QED) is 0.912. The second-order valence-electron chi connectivity index (χ2n) is 3.54. The molecule has 0 spiro atoms. The summed E-state index contributed by atoms with van der Waals surface area (Å²) in [4.78, 5) is 7.13. The minimum absolute atomic E-state index is 0.944. The number of nitrogens with zero attached hydrogens (tertiary/aromatic N) is 1. The van der Waals surface area contributed by atoms with E-state index in [9.17, 15) is 0 Å². The Morgan fingerprint density at radius 2 is 2.12 bits per heavy atom. The number of aromatic nitrogens is 1. The predicted octanol–water partition coefficient (Wildman–Crippen LogP) is 4.24. The van der Waals surface area contributed by atoms with Crippen LogP contribution in [0.5, 0.6) is 0 Å². The third kappa shape index (κ3) is 3.06. The fourth-order valence-electron chi connectivity index (χ4n) is 1.33. The van der Waals surface area contributed by atoms with Crippen LogP contribution in [0.15, 0.2) is 15.9 Å². The zero-order valence-electron chi connectivity index (χ0n) is 9.21. The maximum absolute atomic E-state index is 4.45. The minimum Gasteiger partial charge on any atom is -0.361 e. The van der Waals surface area contributed by atoms with E-state index in [2.05, 4.69) is 45.3 Å². The molecule has 0 amide bonds. The second kappa shape index (κ2) is 5.29. The van der Waals surface area contributed by atoms with Crippen molar-refractivity contribution in [3.8, 4) is 0 Å². The fraction of sp³-hybridized carbons (Fsp3) is 0.364. The van der Waals surface area contributed by atoms with Crippen LogP contribution in [0.4, 0.5) is 5.13 Å². The molecule has 0 radical (unpaired) electrons. The van der Waals surface area contributed by atoms with Crippen molar-refractivity contribution in [1.29, 1.82) is 0 Å². The highest BCUT2D eigenvalue weighted by Gasteiger charge is 2.03. The van der Waals surface area contributed by atoms with Crippen LogP contribution in [0, 0.1) is 13.8 Å². The minimum atomic E-state index is 0.944. The highest BCUT2D eigenvalue weighted by molar-refractivity contribution is 9.11. The highest BCUT2D eigenvalue weighted by atomic mass is 79.9. The van der Waals surface area contributed by atoms with E-state index in [-0.39, 0.29) is 0 Å². The van der Waals surface area contributed by atoms with Crippen molar-refractivity contribution in [2.24, 2.45) is 0 Å². The van der Waals surface area contributed by atoms with Crippen molar-refractivity contribution >= 4 is 43.7 Å². The summed E-state index contributed by atoms with van der Waals surface area (Å²) >= 11 is 6.99. The van der Waals surface area contributed by atoms with Gasteiger partial charge in [-0.15, -0.1) is 22.7 Å². The molecule has 0 aliphatic rings. The number of thiazole rings is 1. The number of nitrogens with one attached hydrogen (secondary N) is 1. The third-order valence-corrected chi connectivity index (χ3v) is 5.02. The first-order chi connectivity index (χ1) is 7.65. The molecule has 2 aromatic heterocycles. The van der Waals surface area contributed by atoms with Gasteiger partial charge in [0.1, 0.15) is 0 Å². The summed E-state index contributed by atoms with van der Waals surface area (Å²) in [5.74, 6) is 0. The van der Waals surface area contributed by atoms with Crippen molar-refractivity contribution in [1.82, 2.24) is 4.98 Å². The largest absolute Gasteiger partial charge is 0.361 e. The van der Waals surface area contributed by atoms with E-state index in [1.165, 1.54) is 13.5 Å². The average molecular weight is 317 g/mol. The summed E-state index contributed by atoms with van der Waals surface area (Å²) < 4.78 is 1.20. The third-order valence-electron chi connectivity index (χ3n) is 2.31. The summed E-state index contributed by atoms with van der Waals surface area (Å²) in [6.45, 7) is 5.10. The first-order valence-corrected chi connectivity index (χ1v) is 7.50. The molecule has 2 heterocycles. The van der Waals surface area contributed by atoms with Gasteiger partial charge >= 0.3 is 0 Å². The molecule has 0 bridgehead atoms. The lowest BCUT2D eigenvalue weighted by Crippen LogP contribution is -2.03. The van der Waals surface area contributed by atoms with Crippen LogP contribution in [0.25, 0.3) is 0 Å². The smallest absolute Gasteiger partial charge is 0.183 e. The van der Waals surface area contributed by atoms with Crippen LogP contribution in [0.3, 0.4) is 0 Å². The van der Waals surface area contributed by atoms with Gasteiger partial charge in [0, 0.05) is 16.3 Å². The van der Waals surface area contributed by atoms with Gasteiger partial charge in [-0.05, 0) is 48.3 Å². The summed E-state index contributed by atoms with van der Waals surface area (Å²) in [5, 5.41) is 4.40. The van der Waals surface area contributed by atoms with Crippen molar-refractivity contribution in [2.75, 3.05) is 11.9 Å². The molecule has 0 unspecified atom stereocenters. The summed E-state index contributed by atoms with van der Waals surface area (Å²) in [6.07, 6.45) is 1.05. The van der Waals surface area contributed by atoms with Gasteiger partial charge in [-0.1, -0.05) is 0 Å². The molecule has 0 saturated heterocycles. The normalized spacial score (nSPS) is 10.7. The SMILES string of the molecule is Cc1nc(NCCc2ccc(Br)s2)sc1C. The standard InChI is InChI=1S/C11H13BrN2S2/c1-7-8(2)15-11(14-7)13-6-5-9-3-4-10(12)16-9/h3-4H,5-6H2,1-2H3,(H,13,14). The molecule has 2 rings (SSSR count). The van der Waals surface area contributed by atoms with E-state index < -0.39 is 0 Å². The Hall–Kier alpha value is -0.390. The maximum Gasteiger partial charge on any atom is 0.183 e. The number of hydrogen-bond acceptors (Lipinski definition) is 4. The Kier molecular flexibility index (Phi) is 4.00. The molecule has 1 N–H and O–H groups in total. The molecule has 2 aromatic rings. The van der Waals surface area contributed by atoms with Crippen LogP contribution in [0.2, 0.25) is 0 Å². The molecule has 2 nitrogen and oxygen atoms in total. The van der Waals surface area contributed by atoms with Crippen LogP contribution in [-0.2, 0) is 6.42 Å². The Balaban J connectivity index is 1.84. The molecular formula is C11H13BrN2S2. The number of halogens is 1. The van der Waals surface area contributed by atoms with Crippen LogP contribution in [-0.4, -0.2) is 11.5 Å². The van der Waals surface area contributed by atoms with Gasteiger partial charge in [0.25, 0.3) is 0 Å². The fourth-order valence-corrected chi connectivity index (χ4v) is 3.65. The Bertz CT molecular complexity index is 457.